The van der Waals surface area contributed by atoms with Gasteiger partial charge in [-0.15, -0.1) is 0 Å². The van der Waals surface area contributed by atoms with E-state index in [0.717, 1.165) is 52.2 Å². The topological polar surface area (TPSA) is 44.8 Å². The van der Waals surface area contributed by atoms with E-state index in [1.807, 2.05) is 5.01 Å². The molecule has 2 fully saturated rings. The molecule has 5 heteroatoms. The van der Waals surface area contributed by atoms with Gasteiger partial charge in [-0.1, -0.05) is 0 Å². The van der Waals surface area contributed by atoms with Crippen LogP contribution in [0.3, 0.4) is 0 Å². The maximum Gasteiger partial charge on any atom is 0.234 e. The highest BCUT2D eigenvalue weighted by molar-refractivity contribution is 5.75. The Morgan fingerprint density at radius 3 is 2.53 bits per heavy atom. The summed E-state index contributed by atoms with van der Waals surface area (Å²) in [7, 11) is 2.11. The quantitative estimate of drug-likeness (QED) is 0.760. The van der Waals surface area contributed by atoms with Crippen molar-refractivity contribution in [2.24, 2.45) is 5.92 Å². The van der Waals surface area contributed by atoms with Crippen molar-refractivity contribution in [2.75, 3.05) is 46.4 Å². The summed E-state index contributed by atoms with van der Waals surface area (Å²) in [5.74, 6) is 0.678. The van der Waals surface area contributed by atoms with E-state index in [9.17, 15) is 4.79 Å². The van der Waals surface area contributed by atoms with Crippen molar-refractivity contribution in [2.45, 2.75) is 19.3 Å². The van der Waals surface area contributed by atoms with Gasteiger partial charge in [0.15, 0.2) is 0 Å². The maximum atomic E-state index is 11.9. The molecule has 0 saturated carbocycles. The molecule has 2 rings (SSSR count). The van der Waals surface area contributed by atoms with Crippen LogP contribution in [-0.4, -0.2) is 62.3 Å². The first-order valence-corrected chi connectivity index (χ1v) is 6.55. The van der Waals surface area contributed by atoms with Gasteiger partial charge in [0.2, 0.25) is 5.91 Å². The SMILES string of the molecule is CN1CCN(NC(=O)CC2CCOCC2)CC1. The van der Waals surface area contributed by atoms with Crippen LogP contribution in [0.1, 0.15) is 19.3 Å². The van der Waals surface area contributed by atoms with Gasteiger partial charge in [0.25, 0.3) is 0 Å². The van der Waals surface area contributed by atoms with E-state index in [0.29, 0.717) is 12.3 Å². The number of rotatable bonds is 3. The van der Waals surface area contributed by atoms with Crippen molar-refractivity contribution in [3.8, 4) is 0 Å². The van der Waals surface area contributed by atoms with Crippen molar-refractivity contribution >= 4 is 5.91 Å². The third kappa shape index (κ3) is 4.26. The molecule has 0 aliphatic carbocycles. The molecule has 2 aliphatic rings. The molecule has 2 saturated heterocycles. The molecule has 98 valence electrons. The number of likely N-dealkylation sites (N-methyl/N-ethyl adjacent to an activating group) is 1. The molecule has 17 heavy (non-hydrogen) atoms. The lowest BCUT2D eigenvalue weighted by Gasteiger charge is -2.32. The lowest BCUT2D eigenvalue weighted by Crippen LogP contribution is -2.52. The summed E-state index contributed by atoms with van der Waals surface area (Å²) in [6.45, 7) is 5.53. The molecular weight excluding hydrogens is 218 g/mol. The smallest absolute Gasteiger partial charge is 0.234 e. The molecule has 1 amide bonds. The van der Waals surface area contributed by atoms with Gasteiger partial charge in [-0.25, -0.2) is 5.01 Å². The Balaban J connectivity index is 1.66. The van der Waals surface area contributed by atoms with Gasteiger partial charge in [0, 0.05) is 45.8 Å². The third-order valence-corrected chi connectivity index (χ3v) is 3.60. The number of amides is 1. The molecular formula is C12H23N3O2. The van der Waals surface area contributed by atoms with Gasteiger partial charge < -0.3 is 9.64 Å². The molecule has 5 nitrogen and oxygen atoms in total. The molecule has 0 aromatic rings. The second-order valence-electron chi connectivity index (χ2n) is 5.09. The van der Waals surface area contributed by atoms with Crippen LogP contribution >= 0.6 is 0 Å². The first-order chi connectivity index (χ1) is 8.24. The third-order valence-electron chi connectivity index (χ3n) is 3.60. The molecule has 0 aromatic carbocycles. The molecule has 0 atom stereocenters. The summed E-state index contributed by atoms with van der Waals surface area (Å²) in [5, 5.41) is 2.04. The van der Waals surface area contributed by atoms with Crippen molar-refractivity contribution in [3.63, 3.8) is 0 Å². The van der Waals surface area contributed by atoms with Crippen molar-refractivity contribution < 1.29 is 9.53 Å². The Labute approximate surface area is 103 Å². The van der Waals surface area contributed by atoms with Gasteiger partial charge in [0.05, 0.1) is 0 Å². The first-order valence-electron chi connectivity index (χ1n) is 6.55. The molecule has 2 heterocycles. The standard InChI is InChI=1S/C12H23N3O2/c1-14-4-6-15(7-5-14)13-12(16)10-11-2-8-17-9-3-11/h11H,2-10H2,1H3,(H,13,16). The van der Waals surface area contributed by atoms with Gasteiger partial charge in [0.1, 0.15) is 0 Å². The number of hydrazine groups is 1. The molecule has 0 aromatic heterocycles. The van der Waals surface area contributed by atoms with Gasteiger partial charge in [-0.2, -0.15) is 0 Å². The number of ether oxygens (including phenoxy) is 1. The number of hydrogen-bond acceptors (Lipinski definition) is 4. The number of nitrogens with one attached hydrogen (secondary N) is 1. The fourth-order valence-corrected chi connectivity index (χ4v) is 2.35. The van der Waals surface area contributed by atoms with Crippen LogP contribution in [0, 0.1) is 5.92 Å². The number of hydrogen-bond donors (Lipinski definition) is 1. The van der Waals surface area contributed by atoms with E-state index in [-0.39, 0.29) is 5.91 Å². The second-order valence-corrected chi connectivity index (χ2v) is 5.09. The minimum absolute atomic E-state index is 0.168. The van der Waals surface area contributed by atoms with Gasteiger partial charge in [-0.3, -0.25) is 10.2 Å². The summed E-state index contributed by atoms with van der Waals surface area (Å²) < 4.78 is 5.30. The summed E-state index contributed by atoms with van der Waals surface area (Å²) >= 11 is 0. The molecule has 1 N–H and O–H groups in total. The number of carbonyl (C=O) groups excluding carboxylic acids is 1. The zero-order valence-electron chi connectivity index (χ0n) is 10.7. The monoisotopic (exact) mass is 241 g/mol. The summed E-state index contributed by atoms with van der Waals surface area (Å²) in [5.41, 5.74) is 3.01. The van der Waals surface area contributed by atoms with Crippen LogP contribution in [0.15, 0.2) is 0 Å². The Morgan fingerprint density at radius 1 is 1.24 bits per heavy atom. The summed E-state index contributed by atoms with van der Waals surface area (Å²) in [6, 6.07) is 0. The highest BCUT2D eigenvalue weighted by Gasteiger charge is 2.20. The van der Waals surface area contributed by atoms with Crippen molar-refractivity contribution in [3.05, 3.63) is 0 Å². The van der Waals surface area contributed by atoms with E-state index in [1.54, 1.807) is 0 Å². The fourth-order valence-electron chi connectivity index (χ4n) is 2.35. The lowest BCUT2D eigenvalue weighted by atomic mass is 9.96. The predicted molar refractivity (Wildman–Crippen MR) is 65.4 cm³/mol. The van der Waals surface area contributed by atoms with E-state index in [4.69, 9.17) is 4.74 Å². The highest BCUT2D eigenvalue weighted by Crippen LogP contribution is 2.18. The average molecular weight is 241 g/mol. The average Bonchev–Trinajstić information content (AvgIpc) is 2.33. The van der Waals surface area contributed by atoms with Crippen LogP contribution in [0.4, 0.5) is 0 Å². The fraction of sp³-hybridized carbons (Fsp3) is 0.917. The Bertz CT molecular complexity index is 246. The summed E-state index contributed by atoms with van der Waals surface area (Å²) in [6.07, 6.45) is 2.70. The Kier molecular flexibility index (Phi) is 4.76. The van der Waals surface area contributed by atoms with E-state index in [1.165, 1.54) is 0 Å². The number of piperazine rings is 1. The van der Waals surface area contributed by atoms with E-state index >= 15 is 0 Å². The predicted octanol–water partition coefficient (Wildman–Crippen LogP) is 0.0817. The highest BCUT2D eigenvalue weighted by atomic mass is 16.5. The second kappa shape index (κ2) is 6.33. The van der Waals surface area contributed by atoms with Gasteiger partial charge in [-0.05, 0) is 25.8 Å². The molecule has 0 radical (unpaired) electrons. The number of nitrogens with zero attached hydrogens (tertiary/aromatic N) is 2. The van der Waals surface area contributed by atoms with Crippen LogP contribution in [0.25, 0.3) is 0 Å². The Hall–Kier alpha value is -0.650. The Morgan fingerprint density at radius 2 is 1.88 bits per heavy atom. The van der Waals surface area contributed by atoms with Crippen molar-refractivity contribution in [1.82, 2.24) is 15.3 Å². The normalized spacial score (nSPS) is 24.8. The van der Waals surface area contributed by atoms with Crippen LogP contribution in [-0.2, 0) is 9.53 Å². The summed E-state index contributed by atoms with van der Waals surface area (Å²) in [4.78, 5) is 14.1. The van der Waals surface area contributed by atoms with E-state index in [2.05, 4.69) is 17.4 Å². The zero-order valence-corrected chi connectivity index (χ0v) is 10.7. The van der Waals surface area contributed by atoms with E-state index < -0.39 is 0 Å². The molecule has 0 spiro atoms. The lowest BCUT2D eigenvalue weighted by molar-refractivity contribution is -0.128. The van der Waals surface area contributed by atoms with Crippen LogP contribution in [0.2, 0.25) is 0 Å². The van der Waals surface area contributed by atoms with Crippen molar-refractivity contribution in [1.29, 1.82) is 0 Å². The van der Waals surface area contributed by atoms with Crippen LogP contribution in [0.5, 0.6) is 0 Å². The first kappa shape index (κ1) is 12.8. The molecule has 2 aliphatic heterocycles. The zero-order chi connectivity index (χ0) is 12.1. The van der Waals surface area contributed by atoms with Gasteiger partial charge >= 0.3 is 0 Å². The molecule has 0 unspecified atom stereocenters. The number of carbonyl (C=O) groups is 1. The van der Waals surface area contributed by atoms with Crippen LogP contribution < -0.4 is 5.43 Å². The minimum Gasteiger partial charge on any atom is -0.381 e. The largest absolute Gasteiger partial charge is 0.381 e. The maximum absolute atomic E-state index is 11.9. The molecule has 0 bridgehead atoms. The minimum atomic E-state index is 0.168.